The van der Waals surface area contributed by atoms with E-state index < -0.39 is 0 Å². The number of nitrogens with zero attached hydrogens (tertiary/aromatic N) is 1. The van der Waals surface area contributed by atoms with Gasteiger partial charge in [-0.2, -0.15) is 0 Å². The Morgan fingerprint density at radius 1 is 1.00 bits per heavy atom. The van der Waals surface area contributed by atoms with Crippen LogP contribution in [0.1, 0.15) is 38.8 Å². The van der Waals surface area contributed by atoms with Crippen LogP contribution in [0.5, 0.6) is 0 Å². The molecule has 81 valence electrons. The molecule has 2 rings (SSSR count). The molecule has 0 fully saturated rings. The molecule has 0 N–H and O–H groups in total. The monoisotopic (exact) mass is 280 g/mol. The first-order valence-electron chi connectivity index (χ1n) is 5.58. The molecule has 1 aromatic rings. The molecule has 1 aliphatic rings. The summed E-state index contributed by atoms with van der Waals surface area (Å²) in [5.41, 5.74) is 3.01. The average molecular weight is 280 g/mol. The third-order valence-corrected chi connectivity index (χ3v) is 2.60. The zero-order valence-corrected chi connectivity index (χ0v) is 13.2. The molecule has 1 nitrogen and oxygen atoms in total. The van der Waals surface area contributed by atoms with Gasteiger partial charge in [0.2, 0.25) is 0 Å². The van der Waals surface area contributed by atoms with E-state index >= 15 is 0 Å². The van der Waals surface area contributed by atoms with Crippen LogP contribution in [0.25, 0.3) is 0 Å². The van der Waals surface area contributed by atoms with Gasteiger partial charge in [0.15, 0.2) is 0 Å². The van der Waals surface area contributed by atoms with Crippen LogP contribution < -0.4 is 0 Å². The van der Waals surface area contributed by atoms with Gasteiger partial charge in [-0.1, -0.05) is 38.1 Å². The molecular weight excluding hydrogens is 259 g/mol. The van der Waals surface area contributed by atoms with Gasteiger partial charge in [-0.25, -0.2) is 0 Å². The molecule has 1 radical (unpaired) electrons. The number of fused-ring (bicyclic) bond motifs is 1. The average Bonchev–Trinajstić information content (AvgIpc) is 2.64. The predicted molar refractivity (Wildman–Crippen MR) is 62.2 cm³/mol. The largest absolute Gasteiger partial charge is 0.292 e. The minimum atomic E-state index is 0. The van der Waals surface area contributed by atoms with Crippen molar-refractivity contribution in [2.75, 3.05) is 0 Å². The smallest absolute Gasteiger partial charge is 0.0243 e. The second-order valence-corrected chi connectivity index (χ2v) is 3.77. The normalized spacial score (nSPS) is 13.9. The molecule has 0 aromatic heterocycles. The van der Waals surface area contributed by atoms with Crippen molar-refractivity contribution in [2.45, 2.75) is 46.8 Å². The van der Waals surface area contributed by atoms with E-state index in [4.69, 9.17) is 0 Å². The summed E-state index contributed by atoms with van der Waals surface area (Å²) in [7, 11) is 0. The first-order valence-corrected chi connectivity index (χ1v) is 5.58. The fraction of sp³-hybridized carbons (Fsp3) is 0.538. The van der Waals surface area contributed by atoms with Gasteiger partial charge >= 0.3 is 0 Å². The van der Waals surface area contributed by atoms with Crippen LogP contribution in [0, 0.1) is 0 Å². The van der Waals surface area contributed by atoms with Crippen LogP contribution in [0.4, 0.5) is 0 Å². The van der Waals surface area contributed by atoms with Crippen LogP contribution in [0.2, 0.25) is 0 Å². The Morgan fingerprint density at radius 2 is 1.40 bits per heavy atom. The molecule has 0 saturated carbocycles. The Bertz CT molecular complexity index is 259. The molecule has 0 unspecified atom stereocenters. The molecule has 1 aromatic carbocycles. The van der Waals surface area contributed by atoms with Crippen LogP contribution in [-0.4, -0.2) is 10.9 Å². The fourth-order valence-corrected chi connectivity index (χ4v) is 1.72. The molecule has 0 spiro atoms. The van der Waals surface area contributed by atoms with Crippen molar-refractivity contribution in [3.05, 3.63) is 35.4 Å². The molecule has 15 heavy (non-hydrogen) atoms. The summed E-state index contributed by atoms with van der Waals surface area (Å²) in [6.45, 7) is 10.8. The quantitative estimate of drug-likeness (QED) is 0.761. The Labute approximate surface area is 119 Å². The molecule has 1 aliphatic heterocycles. The zero-order chi connectivity index (χ0) is 10.6. The van der Waals surface area contributed by atoms with Crippen molar-refractivity contribution in [1.29, 1.82) is 0 Å². The Hall–Kier alpha value is 0.284. The summed E-state index contributed by atoms with van der Waals surface area (Å²) < 4.78 is 0. The number of rotatable bonds is 1. The minimum Gasteiger partial charge on any atom is -0.292 e. The van der Waals surface area contributed by atoms with Crippen molar-refractivity contribution in [2.24, 2.45) is 0 Å². The van der Waals surface area contributed by atoms with Crippen molar-refractivity contribution in [3.8, 4) is 0 Å². The first-order chi connectivity index (χ1) is 6.77. The second-order valence-electron chi connectivity index (χ2n) is 3.77. The van der Waals surface area contributed by atoms with Crippen LogP contribution in [0.15, 0.2) is 24.3 Å². The van der Waals surface area contributed by atoms with Crippen LogP contribution in [0.3, 0.4) is 0 Å². The maximum absolute atomic E-state index is 2.49. The Kier molecular flexibility index (Phi) is 7.68. The molecular formula is C13H21NY. The fourth-order valence-electron chi connectivity index (χ4n) is 1.72. The van der Waals surface area contributed by atoms with Gasteiger partial charge in [0.1, 0.15) is 0 Å². The molecule has 0 amide bonds. The van der Waals surface area contributed by atoms with E-state index in [2.05, 4.69) is 43.0 Å². The van der Waals surface area contributed by atoms with Gasteiger partial charge in [-0.15, -0.1) is 0 Å². The van der Waals surface area contributed by atoms with Gasteiger partial charge in [-0.05, 0) is 25.0 Å². The predicted octanol–water partition coefficient (Wildman–Crippen LogP) is 3.43. The molecule has 2 heteroatoms. The second kappa shape index (κ2) is 7.54. The maximum Gasteiger partial charge on any atom is 0.0243 e. The van der Waals surface area contributed by atoms with Gasteiger partial charge in [0, 0.05) is 51.8 Å². The molecule has 0 bridgehead atoms. The van der Waals surface area contributed by atoms with E-state index in [0.29, 0.717) is 6.04 Å². The summed E-state index contributed by atoms with van der Waals surface area (Å²) in [5.74, 6) is 0. The standard InChI is InChI=1S/C11H15N.C2H6.Y/c1-9(2)12-7-10-5-3-4-6-11(10)8-12;1-2;/h3-6,9H,7-8H2,1-2H3;1-2H3;. The van der Waals surface area contributed by atoms with E-state index in [1.165, 1.54) is 11.1 Å². The zero-order valence-electron chi connectivity index (χ0n) is 10.3. The van der Waals surface area contributed by atoms with Gasteiger partial charge < -0.3 is 0 Å². The van der Waals surface area contributed by atoms with Crippen molar-refractivity contribution in [1.82, 2.24) is 4.90 Å². The first kappa shape index (κ1) is 15.3. The maximum atomic E-state index is 2.49. The van der Waals surface area contributed by atoms with E-state index in [0.717, 1.165) is 13.1 Å². The summed E-state index contributed by atoms with van der Waals surface area (Å²) >= 11 is 0. The number of hydrogen-bond donors (Lipinski definition) is 0. The summed E-state index contributed by atoms with van der Waals surface area (Å²) in [4.78, 5) is 2.49. The summed E-state index contributed by atoms with van der Waals surface area (Å²) in [6.07, 6.45) is 0. The van der Waals surface area contributed by atoms with Crippen molar-refractivity contribution >= 4 is 0 Å². The van der Waals surface area contributed by atoms with E-state index in [-0.39, 0.29) is 32.7 Å². The van der Waals surface area contributed by atoms with Gasteiger partial charge in [-0.3, -0.25) is 4.90 Å². The molecule has 0 aliphatic carbocycles. The van der Waals surface area contributed by atoms with Gasteiger partial charge in [0.05, 0.1) is 0 Å². The third-order valence-electron chi connectivity index (χ3n) is 2.60. The molecule has 0 saturated heterocycles. The van der Waals surface area contributed by atoms with E-state index in [9.17, 15) is 0 Å². The Balaban J connectivity index is 0.000000617. The summed E-state index contributed by atoms with van der Waals surface area (Å²) in [5, 5.41) is 0. The van der Waals surface area contributed by atoms with E-state index in [1.54, 1.807) is 0 Å². The van der Waals surface area contributed by atoms with Crippen molar-refractivity contribution in [3.63, 3.8) is 0 Å². The minimum absolute atomic E-state index is 0. The third kappa shape index (κ3) is 3.98. The number of hydrogen-bond acceptors (Lipinski definition) is 1. The van der Waals surface area contributed by atoms with Gasteiger partial charge in [0.25, 0.3) is 0 Å². The van der Waals surface area contributed by atoms with Crippen LogP contribution in [-0.2, 0) is 45.8 Å². The number of benzene rings is 1. The van der Waals surface area contributed by atoms with E-state index in [1.807, 2.05) is 13.8 Å². The van der Waals surface area contributed by atoms with Crippen molar-refractivity contribution < 1.29 is 32.7 Å². The topological polar surface area (TPSA) is 3.24 Å². The molecule has 0 atom stereocenters. The summed E-state index contributed by atoms with van der Waals surface area (Å²) in [6, 6.07) is 9.39. The Morgan fingerprint density at radius 3 is 1.73 bits per heavy atom. The van der Waals surface area contributed by atoms with Crippen LogP contribution >= 0.6 is 0 Å². The molecule has 1 heterocycles. The SMILES string of the molecule is CC.CC(C)N1Cc2ccccc2C1.[Y].